The molecular formula is C11H16N4O2. The summed E-state index contributed by atoms with van der Waals surface area (Å²) in [7, 11) is 1.86. The van der Waals surface area contributed by atoms with Gasteiger partial charge in [-0.3, -0.25) is 0 Å². The topological polar surface area (TPSA) is 77.0 Å². The Hall–Kier alpha value is -1.69. The van der Waals surface area contributed by atoms with E-state index in [0.29, 0.717) is 24.0 Å². The molecule has 92 valence electrons. The number of aliphatic hydroxyl groups excluding tert-OH is 1. The molecule has 0 saturated carbocycles. The quantitative estimate of drug-likeness (QED) is 0.857. The molecule has 1 atom stereocenters. The number of hydrogen-bond donors (Lipinski definition) is 1. The molecule has 0 bridgehead atoms. The average Bonchev–Trinajstić information content (AvgIpc) is 2.86. The molecule has 0 saturated heterocycles. The van der Waals surface area contributed by atoms with Gasteiger partial charge in [0.15, 0.2) is 5.82 Å². The molecule has 0 aromatic carbocycles. The van der Waals surface area contributed by atoms with E-state index in [0.717, 1.165) is 0 Å². The Balaban J connectivity index is 2.14. The largest absolute Gasteiger partial charge is 0.392 e. The number of imidazole rings is 1. The summed E-state index contributed by atoms with van der Waals surface area (Å²) in [6.45, 7) is 3.89. The maximum atomic E-state index is 9.73. The molecule has 0 fully saturated rings. The van der Waals surface area contributed by atoms with Crippen LogP contribution in [0.25, 0.3) is 11.6 Å². The molecule has 0 aliphatic rings. The van der Waals surface area contributed by atoms with E-state index in [1.807, 2.05) is 31.7 Å². The maximum absolute atomic E-state index is 9.73. The molecule has 1 N–H and O–H groups in total. The monoisotopic (exact) mass is 236 g/mol. The Kier molecular flexibility index (Phi) is 3.23. The zero-order valence-electron chi connectivity index (χ0n) is 10.2. The van der Waals surface area contributed by atoms with E-state index in [1.54, 1.807) is 6.20 Å². The zero-order chi connectivity index (χ0) is 12.4. The summed E-state index contributed by atoms with van der Waals surface area (Å²) in [6, 6.07) is 0. The van der Waals surface area contributed by atoms with Gasteiger partial charge in [0.25, 0.3) is 0 Å². The summed E-state index contributed by atoms with van der Waals surface area (Å²) in [4.78, 5) is 8.34. The van der Waals surface area contributed by atoms with Crippen LogP contribution in [0.15, 0.2) is 16.9 Å². The Morgan fingerprint density at radius 3 is 2.82 bits per heavy atom. The van der Waals surface area contributed by atoms with Gasteiger partial charge in [0, 0.05) is 19.4 Å². The lowest BCUT2D eigenvalue weighted by molar-refractivity contribution is 0.116. The summed E-state index contributed by atoms with van der Waals surface area (Å²) in [5, 5.41) is 13.6. The summed E-state index contributed by atoms with van der Waals surface area (Å²) >= 11 is 0. The highest BCUT2D eigenvalue weighted by molar-refractivity contribution is 5.42. The van der Waals surface area contributed by atoms with Crippen molar-refractivity contribution in [2.24, 2.45) is 13.0 Å². The summed E-state index contributed by atoms with van der Waals surface area (Å²) in [5.74, 6) is 1.70. The molecule has 1 unspecified atom stereocenters. The van der Waals surface area contributed by atoms with E-state index in [1.165, 1.54) is 0 Å². The highest BCUT2D eigenvalue weighted by atomic mass is 16.5. The molecule has 6 heteroatoms. The number of hydrogen-bond acceptors (Lipinski definition) is 5. The second-order valence-corrected chi connectivity index (χ2v) is 4.39. The second-order valence-electron chi connectivity index (χ2n) is 4.39. The third-order valence-corrected chi connectivity index (χ3v) is 2.64. The van der Waals surface area contributed by atoms with Crippen LogP contribution < -0.4 is 0 Å². The van der Waals surface area contributed by atoms with Gasteiger partial charge in [-0.2, -0.15) is 4.98 Å². The molecule has 2 aromatic rings. The van der Waals surface area contributed by atoms with Crippen molar-refractivity contribution in [2.75, 3.05) is 0 Å². The van der Waals surface area contributed by atoms with Crippen LogP contribution in [0.3, 0.4) is 0 Å². The number of rotatable bonds is 4. The van der Waals surface area contributed by atoms with E-state index in [2.05, 4.69) is 15.1 Å². The molecule has 17 heavy (non-hydrogen) atoms. The lowest BCUT2D eigenvalue weighted by Crippen LogP contribution is -2.17. The highest BCUT2D eigenvalue weighted by Crippen LogP contribution is 2.14. The molecule has 0 spiro atoms. The van der Waals surface area contributed by atoms with Gasteiger partial charge < -0.3 is 14.2 Å². The predicted octanol–water partition coefficient (Wildman–Crippen LogP) is 1.03. The Labute approximate surface area is 99.3 Å². The Morgan fingerprint density at radius 1 is 1.47 bits per heavy atom. The fourth-order valence-electron chi connectivity index (χ4n) is 1.42. The van der Waals surface area contributed by atoms with Crippen LogP contribution in [-0.2, 0) is 13.5 Å². The fraction of sp³-hybridized carbons (Fsp3) is 0.545. The van der Waals surface area contributed by atoms with Gasteiger partial charge >= 0.3 is 0 Å². The predicted molar refractivity (Wildman–Crippen MR) is 61.0 cm³/mol. The first kappa shape index (κ1) is 11.8. The van der Waals surface area contributed by atoms with Gasteiger partial charge in [0.2, 0.25) is 11.7 Å². The van der Waals surface area contributed by atoms with Crippen LogP contribution in [0.4, 0.5) is 0 Å². The molecular weight excluding hydrogens is 220 g/mol. The highest BCUT2D eigenvalue weighted by Gasteiger charge is 2.17. The van der Waals surface area contributed by atoms with Gasteiger partial charge in [-0.05, 0) is 5.92 Å². The molecule has 2 aromatic heterocycles. The van der Waals surface area contributed by atoms with E-state index in [4.69, 9.17) is 4.52 Å². The number of aromatic nitrogens is 4. The third kappa shape index (κ3) is 2.52. The third-order valence-electron chi connectivity index (χ3n) is 2.64. The molecule has 2 rings (SSSR count). The van der Waals surface area contributed by atoms with Crippen molar-refractivity contribution in [2.45, 2.75) is 26.4 Å². The SMILES string of the molecule is CC(C)C(O)Cc1nc(-c2nccn2C)no1. The van der Waals surface area contributed by atoms with E-state index >= 15 is 0 Å². The summed E-state index contributed by atoms with van der Waals surface area (Å²) < 4.78 is 6.90. The van der Waals surface area contributed by atoms with Crippen LogP contribution in [0.2, 0.25) is 0 Å². The van der Waals surface area contributed by atoms with E-state index in [-0.39, 0.29) is 5.92 Å². The Morgan fingerprint density at radius 2 is 2.24 bits per heavy atom. The lowest BCUT2D eigenvalue weighted by Gasteiger charge is -2.10. The molecule has 0 aliphatic carbocycles. The standard InChI is InChI=1S/C11H16N4O2/c1-7(2)8(16)6-9-13-10(14-17-9)11-12-4-5-15(11)3/h4-5,7-8,16H,6H2,1-3H3. The molecule has 0 radical (unpaired) electrons. The van der Waals surface area contributed by atoms with E-state index < -0.39 is 6.10 Å². The van der Waals surface area contributed by atoms with Crippen molar-refractivity contribution in [3.05, 3.63) is 18.3 Å². The van der Waals surface area contributed by atoms with Crippen LogP contribution in [0.1, 0.15) is 19.7 Å². The summed E-state index contributed by atoms with van der Waals surface area (Å²) in [5.41, 5.74) is 0. The number of aliphatic hydroxyl groups is 1. The van der Waals surface area contributed by atoms with Gasteiger partial charge in [0.05, 0.1) is 12.5 Å². The van der Waals surface area contributed by atoms with Crippen molar-refractivity contribution in [3.63, 3.8) is 0 Å². The zero-order valence-corrected chi connectivity index (χ0v) is 10.2. The second kappa shape index (κ2) is 4.67. The maximum Gasteiger partial charge on any atom is 0.238 e. The van der Waals surface area contributed by atoms with Crippen LogP contribution >= 0.6 is 0 Å². The number of nitrogens with zero attached hydrogens (tertiary/aromatic N) is 4. The van der Waals surface area contributed by atoms with Gasteiger partial charge in [-0.25, -0.2) is 4.98 Å². The molecule has 2 heterocycles. The van der Waals surface area contributed by atoms with Crippen LogP contribution in [0.5, 0.6) is 0 Å². The smallest absolute Gasteiger partial charge is 0.238 e. The minimum absolute atomic E-state index is 0.165. The van der Waals surface area contributed by atoms with Crippen LogP contribution in [-0.4, -0.2) is 30.9 Å². The van der Waals surface area contributed by atoms with Crippen molar-refractivity contribution < 1.29 is 9.63 Å². The first-order chi connectivity index (χ1) is 8.08. The van der Waals surface area contributed by atoms with Gasteiger partial charge in [-0.15, -0.1) is 0 Å². The summed E-state index contributed by atoms with van der Waals surface area (Å²) in [6.07, 6.45) is 3.39. The Bertz CT molecular complexity index is 489. The fourth-order valence-corrected chi connectivity index (χ4v) is 1.42. The average molecular weight is 236 g/mol. The van der Waals surface area contributed by atoms with Crippen molar-refractivity contribution in [1.29, 1.82) is 0 Å². The number of aryl methyl sites for hydroxylation is 1. The first-order valence-corrected chi connectivity index (χ1v) is 5.56. The van der Waals surface area contributed by atoms with Gasteiger partial charge in [0.1, 0.15) is 0 Å². The first-order valence-electron chi connectivity index (χ1n) is 5.56. The van der Waals surface area contributed by atoms with Crippen molar-refractivity contribution in [1.82, 2.24) is 19.7 Å². The lowest BCUT2D eigenvalue weighted by atomic mass is 10.0. The van der Waals surface area contributed by atoms with Crippen molar-refractivity contribution in [3.8, 4) is 11.6 Å². The van der Waals surface area contributed by atoms with Crippen molar-refractivity contribution >= 4 is 0 Å². The van der Waals surface area contributed by atoms with Crippen LogP contribution in [0, 0.1) is 5.92 Å². The minimum Gasteiger partial charge on any atom is -0.392 e. The minimum atomic E-state index is -0.468. The molecule has 6 nitrogen and oxygen atoms in total. The molecule has 0 amide bonds. The molecule has 0 aliphatic heterocycles. The van der Waals surface area contributed by atoms with E-state index in [9.17, 15) is 5.11 Å². The van der Waals surface area contributed by atoms with Gasteiger partial charge in [-0.1, -0.05) is 19.0 Å². The normalized spacial score (nSPS) is 13.2.